The SMILES string of the molecule is CCCCCCCCCC=C(CCCCCCC(=O)O)C(C)=O. The molecule has 0 aromatic heterocycles. The molecule has 3 nitrogen and oxygen atoms in total. The van der Waals surface area contributed by atoms with Gasteiger partial charge in [0.15, 0.2) is 5.78 Å². The van der Waals surface area contributed by atoms with Crippen LogP contribution in [0.1, 0.15) is 104 Å². The Balaban J connectivity index is 3.71. The highest BCUT2D eigenvalue weighted by Gasteiger charge is 2.04. The smallest absolute Gasteiger partial charge is 0.303 e. The van der Waals surface area contributed by atoms with Gasteiger partial charge in [-0.15, -0.1) is 0 Å². The first kappa shape index (κ1) is 21.9. The minimum absolute atomic E-state index is 0.193. The van der Waals surface area contributed by atoms with Crippen molar-refractivity contribution in [3.8, 4) is 0 Å². The molecule has 1 N–H and O–H groups in total. The first-order chi connectivity index (χ1) is 11.1. The Labute approximate surface area is 142 Å². The second kappa shape index (κ2) is 15.8. The fourth-order valence-corrected chi connectivity index (χ4v) is 2.74. The number of rotatable bonds is 16. The molecule has 0 spiro atoms. The summed E-state index contributed by atoms with van der Waals surface area (Å²) < 4.78 is 0. The molecule has 0 rings (SSSR count). The van der Waals surface area contributed by atoms with Crippen LogP contribution >= 0.6 is 0 Å². The van der Waals surface area contributed by atoms with Crippen molar-refractivity contribution in [2.24, 2.45) is 0 Å². The number of ketones is 1. The van der Waals surface area contributed by atoms with Crippen molar-refractivity contribution in [1.29, 1.82) is 0 Å². The maximum atomic E-state index is 11.6. The summed E-state index contributed by atoms with van der Waals surface area (Å²) in [7, 11) is 0. The van der Waals surface area contributed by atoms with Crippen LogP contribution in [0.4, 0.5) is 0 Å². The number of aliphatic carboxylic acids is 1. The Morgan fingerprint density at radius 2 is 1.30 bits per heavy atom. The number of unbranched alkanes of at least 4 members (excludes halogenated alkanes) is 10. The number of carbonyl (C=O) groups is 2. The molecular weight excluding hydrogens is 288 g/mol. The van der Waals surface area contributed by atoms with Crippen LogP contribution in [-0.4, -0.2) is 16.9 Å². The van der Waals surface area contributed by atoms with E-state index in [0.29, 0.717) is 0 Å². The molecule has 0 bridgehead atoms. The van der Waals surface area contributed by atoms with Gasteiger partial charge < -0.3 is 5.11 Å². The summed E-state index contributed by atoms with van der Waals surface area (Å²) in [6, 6.07) is 0. The Bertz CT molecular complexity index is 345. The molecule has 0 aliphatic heterocycles. The summed E-state index contributed by atoms with van der Waals surface area (Å²) in [5, 5.41) is 8.58. The van der Waals surface area contributed by atoms with E-state index in [1.165, 1.54) is 44.9 Å². The van der Waals surface area contributed by atoms with Gasteiger partial charge in [-0.3, -0.25) is 9.59 Å². The second-order valence-electron chi connectivity index (χ2n) is 6.50. The Morgan fingerprint density at radius 3 is 1.87 bits per heavy atom. The fourth-order valence-electron chi connectivity index (χ4n) is 2.74. The van der Waals surface area contributed by atoms with Crippen molar-refractivity contribution in [3.63, 3.8) is 0 Å². The lowest BCUT2D eigenvalue weighted by molar-refractivity contribution is -0.137. The molecule has 0 aromatic rings. The van der Waals surface area contributed by atoms with E-state index in [2.05, 4.69) is 13.0 Å². The van der Waals surface area contributed by atoms with Crippen molar-refractivity contribution in [2.75, 3.05) is 0 Å². The van der Waals surface area contributed by atoms with Crippen molar-refractivity contribution in [1.82, 2.24) is 0 Å². The highest BCUT2D eigenvalue weighted by atomic mass is 16.4. The van der Waals surface area contributed by atoms with Crippen LogP contribution < -0.4 is 0 Å². The standard InChI is InChI=1S/C20H36O3/c1-3-4-5-6-7-8-9-12-15-19(18(2)21)16-13-10-11-14-17-20(22)23/h15H,3-14,16-17H2,1-2H3,(H,22,23). The van der Waals surface area contributed by atoms with Crippen molar-refractivity contribution in [2.45, 2.75) is 104 Å². The summed E-state index contributed by atoms with van der Waals surface area (Å²) in [5.41, 5.74) is 0.967. The molecule has 0 heterocycles. The van der Waals surface area contributed by atoms with Gasteiger partial charge in [0.1, 0.15) is 0 Å². The maximum Gasteiger partial charge on any atom is 0.303 e. The fraction of sp³-hybridized carbons (Fsp3) is 0.800. The lowest BCUT2D eigenvalue weighted by Gasteiger charge is -2.05. The van der Waals surface area contributed by atoms with Gasteiger partial charge in [-0.25, -0.2) is 0 Å². The Morgan fingerprint density at radius 1 is 0.783 bits per heavy atom. The molecule has 0 fully saturated rings. The quantitative estimate of drug-likeness (QED) is 0.277. The predicted molar refractivity (Wildman–Crippen MR) is 96.7 cm³/mol. The van der Waals surface area contributed by atoms with E-state index in [-0.39, 0.29) is 12.2 Å². The summed E-state index contributed by atoms with van der Waals surface area (Å²) in [6.45, 7) is 3.89. The molecule has 134 valence electrons. The van der Waals surface area contributed by atoms with Gasteiger partial charge in [0.2, 0.25) is 0 Å². The van der Waals surface area contributed by atoms with Crippen LogP contribution in [-0.2, 0) is 9.59 Å². The first-order valence-electron chi connectivity index (χ1n) is 9.49. The molecule has 0 aromatic carbocycles. The van der Waals surface area contributed by atoms with Gasteiger partial charge in [0, 0.05) is 6.42 Å². The maximum absolute atomic E-state index is 11.6. The van der Waals surface area contributed by atoms with E-state index < -0.39 is 5.97 Å². The van der Waals surface area contributed by atoms with Crippen molar-refractivity contribution >= 4 is 11.8 Å². The zero-order valence-corrected chi connectivity index (χ0v) is 15.2. The molecule has 0 aliphatic carbocycles. The zero-order valence-electron chi connectivity index (χ0n) is 15.2. The van der Waals surface area contributed by atoms with Crippen LogP contribution in [0.3, 0.4) is 0 Å². The van der Waals surface area contributed by atoms with E-state index in [0.717, 1.165) is 44.1 Å². The van der Waals surface area contributed by atoms with Crippen LogP contribution in [0, 0.1) is 0 Å². The number of hydrogen-bond donors (Lipinski definition) is 1. The number of allylic oxidation sites excluding steroid dienone is 2. The molecule has 0 amide bonds. The van der Waals surface area contributed by atoms with Crippen LogP contribution in [0.25, 0.3) is 0 Å². The van der Waals surface area contributed by atoms with Gasteiger partial charge in [-0.05, 0) is 44.6 Å². The second-order valence-corrected chi connectivity index (χ2v) is 6.50. The molecule has 0 atom stereocenters. The molecule has 23 heavy (non-hydrogen) atoms. The Kier molecular flexibility index (Phi) is 15.0. The molecule has 0 saturated heterocycles. The van der Waals surface area contributed by atoms with E-state index in [1.54, 1.807) is 6.92 Å². The molecule has 3 heteroatoms. The molecule has 0 radical (unpaired) electrons. The highest BCUT2D eigenvalue weighted by Crippen LogP contribution is 2.15. The van der Waals surface area contributed by atoms with Gasteiger partial charge in [-0.2, -0.15) is 0 Å². The van der Waals surface area contributed by atoms with E-state index in [1.807, 2.05) is 0 Å². The van der Waals surface area contributed by atoms with Gasteiger partial charge >= 0.3 is 5.97 Å². The van der Waals surface area contributed by atoms with E-state index in [9.17, 15) is 9.59 Å². The van der Waals surface area contributed by atoms with Gasteiger partial charge in [0.05, 0.1) is 0 Å². The largest absolute Gasteiger partial charge is 0.481 e. The summed E-state index contributed by atoms with van der Waals surface area (Å²) in [5.74, 6) is -0.525. The number of carboxylic acid groups (broad SMARTS) is 1. The minimum Gasteiger partial charge on any atom is -0.481 e. The number of Topliss-reactive ketones (excluding diaryl/α,β-unsaturated/α-hetero) is 1. The van der Waals surface area contributed by atoms with E-state index in [4.69, 9.17) is 5.11 Å². The van der Waals surface area contributed by atoms with E-state index >= 15 is 0 Å². The average molecular weight is 325 g/mol. The molecule has 0 aliphatic rings. The first-order valence-corrected chi connectivity index (χ1v) is 9.49. The lowest BCUT2D eigenvalue weighted by atomic mass is 10.0. The zero-order chi connectivity index (χ0) is 17.3. The number of hydrogen-bond acceptors (Lipinski definition) is 2. The normalized spacial score (nSPS) is 11.7. The third-order valence-corrected chi connectivity index (χ3v) is 4.24. The van der Waals surface area contributed by atoms with Gasteiger partial charge in [-0.1, -0.05) is 64.4 Å². The summed E-state index contributed by atoms with van der Waals surface area (Å²) >= 11 is 0. The molecular formula is C20H36O3. The Hall–Kier alpha value is -1.12. The number of carboxylic acids is 1. The van der Waals surface area contributed by atoms with Crippen LogP contribution in [0.2, 0.25) is 0 Å². The minimum atomic E-state index is -0.719. The predicted octanol–water partition coefficient (Wildman–Crippen LogP) is 6.07. The average Bonchev–Trinajstić information content (AvgIpc) is 2.50. The highest BCUT2D eigenvalue weighted by molar-refractivity contribution is 5.93. The van der Waals surface area contributed by atoms with Crippen LogP contribution in [0.5, 0.6) is 0 Å². The summed E-state index contributed by atoms with van der Waals surface area (Å²) in [6.07, 6.45) is 17.0. The summed E-state index contributed by atoms with van der Waals surface area (Å²) in [4.78, 5) is 22.1. The van der Waals surface area contributed by atoms with Crippen LogP contribution in [0.15, 0.2) is 11.6 Å². The van der Waals surface area contributed by atoms with Crippen molar-refractivity contribution < 1.29 is 14.7 Å². The molecule has 0 unspecified atom stereocenters. The molecule has 0 saturated carbocycles. The lowest BCUT2D eigenvalue weighted by Crippen LogP contribution is -1.98. The third-order valence-electron chi connectivity index (χ3n) is 4.24. The van der Waals surface area contributed by atoms with Crippen molar-refractivity contribution in [3.05, 3.63) is 11.6 Å². The monoisotopic (exact) mass is 324 g/mol. The number of carbonyl (C=O) groups excluding carboxylic acids is 1. The van der Waals surface area contributed by atoms with Gasteiger partial charge in [0.25, 0.3) is 0 Å². The topological polar surface area (TPSA) is 54.4 Å². The third kappa shape index (κ3) is 15.5.